The van der Waals surface area contributed by atoms with Gasteiger partial charge < -0.3 is 19.9 Å². The molecule has 2 aromatic rings. The smallest absolute Gasteiger partial charge is 0.409 e. The number of ether oxygens (including phenoxy) is 1. The van der Waals surface area contributed by atoms with E-state index in [-0.39, 0.29) is 18.0 Å². The van der Waals surface area contributed by atoms with Crippen molar-refractivity contribution >= 4 is 17.7 Å². The van der Waals surface area contributed by atoms with E-state index in [9.17, 15) is 9.59 Å². The van der Waals surface area contributed by atoms with E-state index >= 15 is 0 Å². The first-order chi connectivity index (χ1) is 14.1. The van der Waals surface area contributed by atoms with E-state index in [4.69, 9.17) is 4.74 Å². The Morgan fingerprint density at radius 2 is 1.93 bits per heavy atom. The summed E-state index contributed by atoms with van der Waals surface area (Å²) in [5.41, 5.74) is 2.53. The molecule has 7 heteroatoms. The number of hydrogen-bond donors (Lipinski definition) is 1. The topological polar surface area (TPSA) is 74.8 Å². The fraction of sp³-hybridized carbons (Fsp3) is 0.409. The van der Waals surface area contributed by atoms with Crippen molar-refractivity contribution in [3.63, 3.8) is 0 Å². The van der Waals surface area contributed by atoms with Crippen LogP contribution in [0.25, 0.3) is 0 Å². The summed E-state index contributed by atoms with van der Waals surface area (Å²) in [7, 11) is 2.00. The molecule has 0 unspecified atom stereocenters. The molecule has 1 saturated heterocycles. The van der Waals surface area contributed by atoms with Crippen LogP contribution in [0.5, 0.6) is 0 Å². The molecule has 0 radical (unpaired) electrons. The largest absolute Gasteiger partial charge is 0.450 e. The zero-order chi connectivity index (χ0) is 20.6. The van der Waals surface area contributed by atoms with Gasteiger partial charge in [-0.05, 0) is 37.5 Å². The minimum absolute atomic E-state index is 0.0284. The van der Waals surface area contributed by atoms with Crippen LogP contribution in [0.15, 0.2) is 48.7 Å². The predicted molar refractivity (Wildman–Crippen MR) is 112 cm³/mol. The highest BCUT2D eigenvalue weighted by Gasteiger charge is 2.25. The molecule has 29 heavy (non-hydrogen) atoms. The average Bonchev–Trinajstić information content (AvgIpc) is 2.75. The van der Waals surface area contributed by atoms with Gasteiger partial charge in [0.05, 0.1) is 6.61 Å². The summed E-state index contributed by atoms with van der Waals surface area (Å²) < 4.78 is 5.03. The molecule has 0 aliphatic carbocycles. The third kappa shape index (κ3) is 5.70. The molecule has 0 saturated carbocycles. The number of pyridine rings is 1. The number of nitrogens with one attached hydrogen (secondary N) is 1. The summed E-state index contributed by atoms with van der Waals surface area (Å²) in [6, 6.07) is 13.9. The molecule has 3 rings (SSSR count). The van der Waals surface area contributed by atoms with Gasteiger partial charge in [-0.15, -0.1) is 0 Å². The standard InChI is InChI=1S/C22H28N4O3/c1-3-29-22(28)26-13-10-18(11-14-26)24-21(27)20-15-19(9-12-23-20)25(2)16-17-7-5-4-6-8-17/h4-9,12,15,18H,3,10-11,13-14,16H2,1-2H3,(H,24,27). The number of likely N-dealkylation sites (tertiary alicyclic amines) is 1. The number of aromatic nitrogens is 1. The van der Waals surface area contributed by atoms with Crippen molar-refractivity contribution in [3.05, 3.63) is 59.9 Å². The molecule has 0 atom stereocenters. The fourth-order valence-electron chi connectivity index (χ4n) is 3.41. The van der Waals surface area contributed by atoms with E-state index in [0.717, 1.165) is 12.2 Å². The number of rotatable bonds is 6. The molecule has 2 heterocycles. The molecule has 2 amide bonds. The van der Waals surface area contributed by atoms with Crippen molar-refractivity contribution in [2.75, 3.05) is 31.6 Å². The highest BCUT2D eigenvalue weighted by atomic mass is 16.6. The monoisotopic (exact) mass is 396 g/mol. The summed E-state index contributed by atoms with van der Waals surface area (Å²) >= 11 is 0. The Balaban J connectivity index is 1.55. The number of nitrogens with zero attached hydrogens (tertiary/aromatic N) is 3. The molecule has 7 nitrogen and oxygen atoms in total. The van der Waals surface area contributed by atoms with E-state index < -0.39 is 0 Å². The van der Waals surface area contributed by atoms with Gasteiger partial charge >= 0.3 is 6.09 Å². The Morgan fingerprint density at radius 1 is 1.21 bits per heavy atom. The molecule has 0 bridgehead atoms. The molecule has 1 aliphatic rings. The van der Waals surface area contributed by atoms with Crippen molar-refractivity contribution in [1.29, 1.82) is 0 Å². The number of carbonyl (C=O) groups excluding carboxylic acids is 2. The maximum Gasteiger partial charge on any atom is 0.409 e. The third-order valence-electron chi connectivity index (χ3n) is 5.04. The fourth-order valence-corrected chi connectivity index (χ4v) is 3.41. The van der Waals surface area contributed by atoms with Crippen LogP contribution in [0, 0.1) is 0 Å². The van der Waals surface area contributed by atoms with Gasteiger partial charge in [-0.25, -0.2) is 4.79 Å². The zero-order valence-electron chi connectivity index (χ0n) is 17.0. The minimum Gasteiger partial charge on any atom is -0.450 e. The summed E-state index contributed by atoms with van der Waals surface area (Å²) in [4.78, 5) is 32.5. The molecule has 154 valence electrons. The lowest BCUT2D eigenvalue weighted by molar-refractivity contribution is 0.0856. The van der Waals surface area contributed by atoms with Crippen LogP contribution < -0.4 is 10.2 Å². The average molecular weight is 396 g/mol. The molecular weight excluding hydrogens is 368 g/mol. The Labute approximate surface area is 171 Å². The zero-order valence-corrected chi connectivity index (χ0v) is 17.0. The Bertz CT molecular complexity index is 820. The van der Waals surface area contributed by atoms with Crippen LogP contribution in [0.1, 0.15) is 35.8 Å². The minimum atomic E-state index is -0.284. The predicted octanol–water partition coefficient (Wildman–Crippen LogP) is 3.07. The number of piperidine rings is 1. The number of carbonyl (C=O) groups is 2. The maximum absolute atomic E-state index is 12.7. The van der Waals surface area contributed by atoms with E-state index in [1.807, 2.05) is 37.4 Å². The first-order valence-corrected chi connectivity index (χ1v) is 10.0. The van der Waals surface area contributed by atoms with Crippen molar-refractivity contribution < 1.29 is 14.3 Å². The lowest BCUT2D eigenvalue weighted by Crippen LogP contribution is -2.46. The molecule has 1 aromatic carbocycles. The van der Waals surface area contributed by atoms with Crippen molar-refractivity contribution in [1.82, 2.24) is 15.2 Å². The Kier molecular flexibility index (Phi) is 7.05. The first kappa shape index (κ1) is 20.6. The maximum atomic E-state index is 12.7. The summed E-state index contributed by atoms with van der Waals surface area (Å²) in [6.45, 7) is 4.08. The van der Waals surface area contributed by atoms with E-state index in [1.165, 1.54) is 5.56 Å². The second-order valence-corrected chi connectivity index (χ2v) is 7.17. The van der Waals surface area contributed by atoms with E-state index in [0.29, 0.717) is 38.2 Å². The first-order valence-electron chi connectivity index (χ1n) is 10.0. The van der Waals surface area contributed by atoms with Crippen molar-refractivity contribution in [2.24, 2.45) is 0 Å². The van der Waals surface area contributed by atoms with Crippen LogP contribution in [0.4, 0.5) is 10.5 Å². The molecular formula is C22H28N4O3. The SMILES string of the molecule is CCOC(=O)N1CCC(NC(=O)c2cc(N(C)Cc3ccccc3)ccn2)CC1. The second kappa shape index (κ2) is 9.91. The van der Waals surface area contributed by atoms with Gasteiger partial charge in [0, 0.05) is 44.6 Å². The molecule has 1 fully saturated rings. The van der Waals surface area contributed by atoms with Gasteiger partial charge in [0.25, 0.3) is 5.91 Å². The van der Waals surface area contributed by atoms with Gasteiger partial charge in [-0.1, -0.05) is 30.3 Å². The molecule has 1 N–H and O–H groups in total. The van der Waals surface area contributed by atoms with Gasteiger partial charge in [-0.3, -0.25) is 9.78 Å². The quantitative estimate of drug-likeness (QED) is 0.812. The summed E-state index contributed by atoms with van der Waals surface area (Å²) in [5, 5.41) is 3.04. The highest BCUT2D eigenvalue weighted by molar-refractivity contribution is 5.93. The molecule has 1 aliphatic heterocycles. The number of benzene rings is 1. The van der Waals surface area contributed by atoms with Crippen molar-refractivity contribution in [2.45, 2.75) is 32.4 Å². The van der Waals surface area contributed by atoms with E-state index in [1.54, 1.807) is 18.0 Å². The van der Waals surface area contributed by atoms with Gasteiger partial charge in [0.15, 0.2) is 0 Å². The highest BCUT2D eigenvalue weighted by Crippen LogP contribution is 2.17. The van der Waals surface area contributed by atoms with Crippen LogP contribution in [-0.2, 0) is 11.3 Å². The lowest BCUT2D eigenvalue weighted by Gasteiger charge is -2.31. The van der Waals surface area contributed by atoms with Crippen LogP contribution in [0.2, 0.25) is 0 Å². The van der Waals surface area contributed by atoms with Gasteiger partial charge in [0.2, 0.25) is 0 Å². The van der Waals surface area contributed by atoms with Crippen LogP contribution in [0.3, 0.4) is 0 Å². The van der Waals surface area contributed by atoms with Gasteiger partial charge in [0.1, 0.15) is 5.69 Å². The van der Waals surface area contributed by atoms with Crippen LogP contribution in [-0.4, -0.2) is 54.7 Å². The van der Waals surface area contributed by atoms with Gasteiger partial charge in [-0.2, -0.15) is 0 Å². The summed E-state index contributed by atoms with van der Waals surface area (Å²) in [6.07, 6.45) is 2.79. The number of hydrogen-bond acceptors (Lipinski definition) is 5. The van der Waals surface area contributed by atoms with Crippen molar-refractivity contribution in [3.8, 4) is 0 Å². The third-order valence-corrected chi connectivity index (χ3v) is 5.04. The Morgan fingerprint density at radius 3 is 2.62 bits per heavy atom. The summed E-state index contributed by atoms with van der Waals surface area (Å²) in [5.74, 6) is -0.186. The van der Waals surface area contributed by atoms with Crippen LogP contribution >= 0.6 is 0 Å². The molecule has 0 spiro atoms. The second-order valence-electron chi connectivity index (χ2n) is 7.17. The Hall–Kier alpha value is -3.09. The number of anilines is 1. The van der Waals surface area contributed by atoms with E-state index in [2.05, 4.69) is 27.3 Å². The number of amides is 2. The normalized spacial score (nSPS) is 14.3. The lowest BCUT2D eigenvalue weighted by atomic mass is 10.1. The molecule has 1 aromatic heterocycles.